The molecule has 0 bridgehead atoms. The summed E-state index contributed by atoms with van der Waals surface area (Å²) in [5, 5.41) is 0.217. The number of carbonyl (C=O) groups excluding carboxylic acids is 1. The molecular formula is C23H23O4P. The topological polar surface area (TPSA) is 63.6 Å². The molecule has 3 rings (SSSR count). The first-order valence-electron chi connectivity index (χ1n) is 9.00. The molecule has 0 spiro atoms. The van der Waals surface area contributed by atoms with Gasteiger partial charge in [0.05, 0.1) is 5.30 Å². The van der Waals surface area contributed by atoms with Crippen molar-refractivity contribution in [3.05, 3.63) is 95.6 Å². The molecule has 0 saturated heterocycles. The van der Waals surface area contributed by atoms with Crippen LogP contribution in [0, 0.1) is 0 Å². The first kappa shape index (κ1) is 20.1. The predicted octanol–water partition coefficient (Wildman–Crippen LogP) is 5.10. The van der Waals surface area contributed by atoms with Gasteiger partial charge in [0.15, 0.2) is 5.78 Å². The van der Waals surface area contributed by atoms with Crippen LogP contribution in [0.1, 0.15) is 42.3 Å². The maximum Gasteiger partial charge on any atom is 0.408 e. The van der Waals surface area contributed by atoms with Crippen molar-refractivity contribution < 1.29 is 18.8 Å². The zero-order valence-corrected chi connectivity index (χ0v) is 17.0. The van der Waals surface area contributed by atoms with Gasteiger partial charge >= 0.3 is 7.60 Å². The molecule has 0 radical (unpaired) electrons. The maximum atomic E-state index is 12.7. The standard InChI is InChI=1S/C23H23O4P/c1-23(2,3)19-13-9-17(10-14-19)22(24)18-11-15-20(16-12-18)27-28(25,26)21-7-5-4-6-8-21/h4-16H,1-3H3,(H,25,26). The first-order chi connectivity index (χ1) is 13.2. The Balaban J connectivity index is 1.75. The SMILES string of the molecule is CC(C)(C)c1ccc(C(=O)c2ccc(OP(=O)(O)c3ccccc3)cc2)cc1. The van der Waals surface area contributed by atoms with E-state index in [-0.39, 0.29) is 22.3 Å². The Bertz CT molecular complexity index is 1000. The van der Waals surface area contributed by atoms with Gasteiger partial charge in [0.2, 0.25) is 0 Å². The molecule has 0 amide bonds. The molecule has 0 aliphatic heterocycles. The second-order valence-electron chi connectivity index (χ2n) is 7.63. The predicted molar refractivity (Wildman–Crippen MR) is 112 cm³/mol. The lowest BCUT2D eigenvalue weighted by Crippen LogP contribution is -2.11. The minimum atomic E-state index is -3.97. The summed E-state index contributed by atoms with van der Waals surface area (Å²) < 4.78 is 17.7. The van der Waals surface area contributed by atoms with E-state index < -0.39 is 7.60 Å². The van der Waals surface area contributed by atoms with E-state index in [2.05, 4.69) is 20.8 Å². The van der Waals surface area contributed by atoms with Crippen LogP contribution < -0.4 is 9.83 Å². The smallest absolute Gasteiger partial charge is 0.408 e. The molecule has 0 aromatic heterocycles. The molecule has 5 heteroatoms. The molecule has 3 aromatic carbocycles. The molecule has 1 unspecified atom stereocenters. The highest BCUT2D eigenvalue weighted by atomic mass is 31.2. The molecule has 0 saturated carbocycles. The Morgan fingerprint density at radius 1 is 0.821 bits per heavy atom. The summed E-state index contributed by atoms with van der Waals surface area (Å²) in [4.78, 5) is 22.8. The molecule has 3 aromatic rings. The maximum absolute atomic E-state index is 12.7. The van der Waals surface area contributed by atoms with Crippen LogP contribution in [0.4, 0.5) is 0 Å². The fourth-order valence-corrected chi connectivity index (χ4v) is 3.83. The third-order valence-electron chi connectivity index (χ3n) is 4.44. The Morgan fingerprint density at radius 3 is 1.82 bits per heavy atom. The minimum absolute atomic E-state index is 0.0253. The van der Waals surface area contributed by atoms with E-state index in [0.29, 0.717) is 11.1 Å². The van der Waals surface area contributed by atoms with Crippen LogP contribution in [0.25, 0.3) is 0 Å². The molecule has 4 nitrogen and oxygen atoms in total. The van der Waals surface area contributed by atoms with E-state index in [1.165, 1.54) is 12.1 Å². The van der Waals surface area contributed by atoms with Gasteiger partial charge in [-0.15, -0.1) is 0 Å². The average Bonchev–Trinajstić information content (AvgIpc) is 2.68. The lowest BCUT2D eigenvalue weighted by atomic mass is 9.86. The molecule has 0 aliphatic rings. The average molecular weight is 394 g/mol. The molecule has 28 heavy (non-hydrogen) atoms. The van der Waals surface area contributed by atoms with Crippen LogP contribution in [0.5, 0.6) is 5.75 Å². The van der Waals surface area contributed by atoms with Gasteiger partial charge in [0, 0.05) is 11.1 Å². The Kier molecular flexibility index (Phi) is 5.55. The van der Waals surface area contributed by atoms with E-state index in [1.807, 2.05) is 24.3 Å². The number of hydrogen-bond acceptors (Lipinski definition) is 3. The van der Waals surface area contributed by atoms with E-state index >= 15 is 0 Å². The number of hydrogen-bond donors (Lipinski definition) is 1. The number of benzene rings is 3. The molecule has 144 valence electrons. The van der Waals surface area contributed by atoms with Gasteiger partial charge < -0.3 is 9.42 Å². The highest BCUT2D eigenvalue weighted by molar-refractivity contribution is 7.61. The van der Waals surface area contributed by atoms with Crippen LogP contribution in [0.15, 0.2) is 78.9 Å². The summed E-state index contributed by atoms with van der Waals surface area (Å²) in [7, 11) is -3.97. The summed E-state index contributed by atoms with van der Waals surface area (Å²) in [5.41, 5.74) is 2.27. The van der Waals surface area contributed by atoms with Crippen LogP contribution >= 0.6 is 7.60 Å². The van der Waals surface area contributed by atoms with Crippen molar-refractivity contribution in [2.45, 2.75) is 26.2 Å². The number of ketones is 1. The molecular weight excluding hydrogens is 371 g/mol. The summed E-state index contributed by atoms with van der Waals surface area (Å²) >= 11 is 0. The molecule has 1 N–H and O–H groups in total. The lowest BCUT2D eigenvalue weighted by Gasteiger charge is -2.19. The van der Waals surface area contributed by atoms with E-state index in [1.54, 1.807) is 42.5 Å². The molecule has 0 aliphatic carbocycles. The molecule has 0 fully saturated rings. The summed E-state index contributed by atoms with van der Waals surface area (Å²) in [6, 6.07) is 22.0. The van der Waals surface area contributed by atoms with Gasteiger partial charge in [-0.3, -0.25) is 4.79 Å². The van der Waals surface area contributed by atoms with Gasteiger partial charge in [-0.25, -0.2) is 4.57 Å². The largest absolute Gasteiger partial charge is 0.421 e. The first-order valence-corrected chi connectivity index (χ1v) is 10.6. The third-order valence-corrected chi connectivity index (χ3v) is 5.85. The summed E-state index contributed by atoms with van der Waals surface area (Å²) in [6.07, 6.45) is 0. The summed E-state index contributed by atoms with van der Waals surface area (Å²) in [6.45, 7) is 6.37. The van der Waals surface area contributed by atoms with Crippen LogP contribution in [0.3, 0.4) is 0 Å². The van der Waals surface area contributed by atoms with Crippen molar-refractivity contribution in [2.75, 3.05) is 0 Å². The monoisotopic (exact) mass is 394 g/mol. The van der Waals surface area contributed by atoms with Gasteiger partial charge in [-0.05, 0) is 47.4 Å². The van der Waals surface area contributed by atoms with Gasteiger partial charge in [-0.1, -0.05) is 63.2 Å². The quantitative estimate of drug-likeness (QED) is 0.483. The third kappa shape index (κ3) is 4.59. The van der Waals surface area contributed by atoms with Crippen molar-refractivity contribution in [3.63, 3.8) is 0 Å². The Labute approximate surface area is 165 Å². The van der Waals surface area contributed by atoms with Gasteiger partial charge in [0.1, 0.15) is 5.75 Å². The highest BCUT2D eigenvalue weighted by Gasteiger charge is 2.24. The van der Waals surface area contributed by atoms with Crippen LogP contribution in [-0.4, -0.2) is 10.7 Å². The van der Waals surface area contributed by atoms with Crippen molar-refractivity contribution in [1.29, 1.82) is 0 Å². The molecule has 0 heterocycles. The van der Waals surface area contributed by atoms with E-state index in [4.69, 9.17) is 4.52 Å². The number of carbonyl (C=O) groups is 1. The van der Waals surface area contributed by atoms with Crippen molar-refractivity contribution in [1.82, 2.24) is 0 Å². The van der Waals surface area contributed by atoms with Gasteiger partial charge in [0.25, 0.3) is 0 Å². The van der Waals surface area contributed by atoms with Crippen molar-refractivity contribution in [3.8, 4) is 5.75 Å². The fraction of sp³-hybridized carbons (Fsp3) is 0.174. The normalized spacial score (nSPS) is 13.6. The Hall–Kier alpha value is -2.68. The minimum Gasteiger partial charge on any atom is -0.421 e. The Morgan fingerprint density at radius 2 is 1.32 bits per heavy atom. The molecule has 1 atom stereocenters. The zero-order chi connectivity index (χ0) is 20.4. The highest BCUT2D eigenvalue weighted by Crippen LogP contribution is 2.41. The number of rotatable bonds is 5. The zero-order valence-electron chi connectivity index (χ0n) is 16.1. The second-order valence-corrected chi connectivity index (χ2v) is 9.37. The lowest BCUT2D eigenvalue weighted by molar-refractivity contribution is 0.103. The van der Waals surface area contributed by atoms with Crippen LogP contribution in [-0.2, 0) is 9.98 Å². The summed E-state index contributed by atoms with van der Waals surface area (Å²) in [5.74, 6) is 0.122. The van der Waals surface area contributed by atoms with Gasteiger partial charge in [-0.2, -0.15) is 0 Å². The van der Waals surface area contributed by atoms with Crippen molar-refractivity contribution in [2.24, 2.45) is 0 Å². The van der Waals surface area contributed by atoms with Crippen LogP contribution in [0.2, 0.25) is 0 Å². The van der Waals surface area contributed by atoms with E-state index in [0.717, 1.165) is 5.56 Å². The van der Waals surface area contributed by atoms with E-state index in [9.17, 15) is 14.3 Å². The second kappa shape index (κ2) is 7.75. The fourth-order valence-electron chi connectivity index (χ4n) is 2.77. The van der Waals surface area contributed by atoms with Crippen molar-refractivity contribution >= 4 is 18.7 Å².